The first kappa shape index (κ1) is 15.5. The molecular formula is C16H29N3O. The Hall–Kier alpha value is -0.870. The molecule has 0 unspecified atom stereocenters. The SMILES string of the molecule is CCn1nc(C)cc1CC1(CNC(C)C)CCOCC1. The molecule has 2 rings (SSSR count). The fourth-order valence-corrected chi connectivity index (χ4v) is 3.04. The highest BCUT2D eigenvalue weighted by atomic mass is 16.5. The van der Waals surface area contributed by atoms with Crippen molar-refractivity contribution in [2.75, 3.05) is 19.8 Å². The zero-order valence-electron chi connectivity index (χ0n) is 13.4. The molecule has 0 saturated carbocycles. The molecule has 1 aliphatic rings. The van der Waals surface area contributed by atoms with E-state index in [-0.39, 0.29) is 0 Å². The van der Waals surface area contributed by atoms with E-state index >= 15 is 0 Å². The van der Waals surface area contributed by atoms with Crippen LogP contribution in [0.4, 0.5) is 0 Å². The predicted molar refractivity (Wildman–Crippen MR) is 82.0 cm³/mol. The van der Waals surface area contributed by atoms with Crippen LogP contribution < -0.4 is 5.32 Å². The molecule has 4 heteroatoms. The molecule has 1 fully saturated rings. The molecule has 0 aliphatic carbocycles. The first-order chi connectivity index (χ1) is 9.54. The van der Waals surface area contributed by atoms with Crippen molar-refractivity contribution in [3.8, 4) is 0 Å². The summed E-state index contributed by atoms with van der Waals surface area (Å²) in [6.07, 6.45) is 3.38. The third kappa shape index (κ3) is 3.83. The first-order valence-electron chi connectivity index (χ1n) is 7.89. The van der Waals surface area contributed by atoms with Crippen molar-refractivity contribution < 1.29 is 4.74 Å². The van der Waals surface area contributed by atoms with Crippen LogP contribution in [0.15, 0.2) is 6.07 Å². The van der Waals surface area contributed by atoms with Crippen LogP contribution >= 0.6 is 0 Å². The highest BCUT2D eigenvalue weighted by molar-refractivity contribution is 5.12. The van der Waals surface area contributed by atoms with Gasteiger partial charge in [0.25, 0.3) is 0 Å². The van der Waals surface area contributed by atoms with Crippen molar-refractivity contribution in [2.45, 2.75) is 59.5 Å². The number of hydrogen-bond acceptors (Lipinski definition) is 3. The minimum absolute atomic E-state index is 0.321. The Kier molecular flexibility index (Phi) is 5.22. The normalized spacial score (nSPS) is 18.6. The fraction of sp³-hybridized carbons (Fsp3) is 0.812. The molecule has 0 atom stereocenters. The molecular weight excluding hydrogens is 250 g/mol. The van der Waals surface area contributed by atoms with Gasteiger partial charge in [-0.15, -0.1) is 0 Å². The van der Waals surface area contributed by atoms with Gasteiger partial charge >= 0.3 is 0 Å². The molecule has 0 spiro atoms. The van der Waals surface area contributed by atoms with Gasteiger partial charge in [0.1, 0.15) is 0 Å². The van der Waals surface area contributed by atoms with E-state index in [0.29, 0.717) is 11.5 Å². The molecule has 1 aliphatic heterocycles. The van der Waals surface area contributed by atoms with Crippen LogP contribution in [0.1, 0.15) is 45.0 Å². The molecule has 1 aromatic heterocycles. The van der Waals surface area contributed by atoms with Gasteiger partial charge < -0.3 is 10.1 Å². The number of aromatic nitrogens is 2. The molecule has 1 N–H and O–H groups in total. The maximum Gasteiger partial charge on any atom is 0.0596 e. The van der Waals surface area contributed by atoms with Gasteiger partial charge in [0.2, 0.25) is 0 Å². The monoisotopic (exact) mass is 279 g/mol. The summed E-state index contributed by atoms with van der Waals surface area (Å²) in [5, 5.41) is 8.22. The largest absolute Gasteiger partial charge is 0.381 e. The van der Waals surface area contributed by atoms with Crippen LogP contribution in [0, 0.1) is 12.3 Å². The lowest BCUT2D eigenvalue weighted by Crippen LogP contribution is -2.43. The van der Waals surface area contributed by atoms with Crippen molar-refractivity contribution in [1.29, 1.82) is 0 Å². The van der Waals surface area contributed by atoms with Crippen molar-refractivity contribution in [2.24, 2.45) is 5.41 Å². The summed E-state index contributed by atoms with van der Waals surface area (Å²) < 4.78 is 7.74. The Morgan fingerprint density at radius 3 is 2.70 bits per heavy atom. The molecule has 0 bridgehead atoms. The zero-order valence-corrected chi connectivity index (χ0v) is 13.4. The fourth-order valence-electron chi connectivity index (χ4n) is 3.04. The average molecular weight is 279 g/mol. The van der Waals surface area contributed by atoms with Crippen LogP contribution in [0.5, 0.6) is 0 Å². The number of ether oxygens (including phenoxy) is 1. The van der Waals surface area contributed by atoms with E-state index in [4.69, 9.17) is 4.74 Å². The molecule has 0 amide bonds. The van der Waals surface area contributed by atoms with E-state index in [2.05, 4.69) is 48.9 Å². The van der Waals surface area contributed by atoms with E-state index in [9.17, 15) is 0 Å². The van der Waals surface area contributed by atoms with Crippen LogP contribution in [0.3, 0.4) is 0 Å². The van der Waals surface area contributed by atoms with Gasteiger partial charge in [0.15, 0.2) is 0 Å². The summed E-state index contributed by atoms with van der Waals surface area (Å²) in [6.45, 7) is 12.5. The maximum absolute atomic E-state index is 5.58. The third-order valence-corrected chi connectivity index (χ3v) is 4.28. The lowest BCUT2D eigenvalue weighted by atomic mass is 9.76. The van der Waals surface area contributed by atoms with Crippen molar-refractivity contribution in [3.63, 3.8) is 0 Å². The Morgan fingerprint density at radius 1 is 1.40 bits per heavy atom. The minimum Gasteiger partial charge on any atom is -0.381 e. The van der Waals surface area contributed by atoms with Gasteiger partial charge in [-0.25, -0.2) is 0 Å². The van der Waals surface area contributed by atoms with Gasteiger partial charge in [-0.05, 0) is 44.6 Å². The molecule has 20 heavy (non-hydrogen) atoms. The number of nitrogens with zero attached hydrogens (tertiary/aromatic N) is 2. The number of hydrogen-bond donors (Lipinski definition) is 1. The van der Waals surface area contributed by atoms with Gasteiger partial charge in [-0.1, -0.05) is 13.8 Å². The van der Waals surface area contributed by atoms with E-state index in [0.717, 1.165) is 51.3 Å². The quantitative estimate of drug-likeness (QED) is 0.870. The lowest BCUT2D eigenvalue weighted by molar-refractivity contribution is 0.0131. The summed E-state index contributed by atoms with van der Waals surface area (Å²) in [7, 11) is 0. The Bertz CT molecular complexity index is 419. The van der Waals surface area contributed by atoms with Crippen molar-refractivity contribution in [1.82, 2.24) is 15.1 Å². The van der Waals surface area contributed by atoms with E-state index < -0.39 is 0 Å². The summed E-state index contributed by atoms with van der Waals surface area (Å²) in [5.74, 6) is 0. The Labute approximate surface area is 122 Å². The Balaban J connectivity index is 2.13. The second-order valence-corrected chi connectivity index (χ2v) is 6.42. The molecule has 1 aromatic rings. The van der Waals surface area contributed by atoms with Crippen molar-refractivity contribution in [3.05, 3.63) is 17.5 Å². The number of aryl methyl sites for hydroxylation is 2. The van der Waals surface area contributed by atoms with E-state index in [1.807, 2.05) is 0 Å². The van der Waals surface area contributed by atoms with Gasteiger partial charge in [0, 0.05) is 38.0 Å². The average Bonchev–Trinajstić information content (AvgIpc) is 2.77. The molecule has 0 radical (unpaired) electrons. The standard InChI is InChI=1S/C16H29N3O/c1-5-19-15(10-14(4)18-19)11-16(12-17-13(2)3)6-8-20-9-7-16/h10,13,17H,5-9,11-12H2,1-4H3. The van der Waals surface area contributed by atoms with Crippen LogP contribution in [-0.2, 0) is 17.7 Å². The predicted octanol–water partition coefficient (Wildman–Crippen LogP) is 2.55. The summed E-state index contributed by atoms with van der Waals surface area (Å²) >= 11 is 0. The minimum atomic E-state index is 0.321. The lowest BCUT2D eigenvalue weighted by Gasteiger charge is -2.38. The summed E-state index contributed by atoms with van der Waals surface area (Å²) in [4.78, 5) is 0. The van der Waals surface area contributed by atoms with Crippen molar-refractivity contribution >= 4 is 0 Å². The van der Waals surface area contributed by atoms with Gasteiger partial charge in [0.05, 0.1) is 5.69 Å². The molecule has 114 valence electrons. The molecule has 4 nitrogen and oxygen atoms in total. The molecule has 2 heterocycles. The third-order valence-electron chi connectivity index (χ3n) is 4.28. The van der Waals surface area contributed by atoms with Crippen LogP contribution in [-0.4, -0.2) is 35.6 Å². The first-order valence-corrected chi connectivity index (χ1v) is 7.89. The summed E-state index contributed by atoms with van der Waals surface area (Å²) in [5.41, 5.74) is 2.82. The smallest absolute Gasteiger partial charge is 0.0596 e. The van der Waals surface area contributed by atoms with E-state index in [1.54, 1.807) is 0 Å². The zero-order chi connectivity index (χ0) is 14.6. The van der Waals surface area contributed by atoms with Gasteiger partial charge in [-0.3, -0.25) is 4.68 Å². The van der Waals surface area contributed by atoms with Crippen LogP contribution in [0.2, 0.25) is 0 Å². The van der Waals surface area contributed by atoms with E-state index in [1.165, 1.54) is 5.69 Å². The summed E-state index contributed by atoms with van der Waals surface area (Å²) in [6, 6.07) is 2.78. The van der Waals surface area contributed by atoms with Gasteiger partial charge in [-0.2, -0.15) is 5.10 Å². The topological polar surface area (TPSA) is 39.1 Å². The molecule has 0 aromatic carbocycles. The second-order valence-electron chi connectivity index (χ2n) is 6.42. The number of rotatable bonds is 6. The highest BCUT2D eigenvalue weighted by Crippen LogP contribution is 2.34. The Morgan fingerprint density at radius 2 is 2.10 bits per heavy atom. The molecule has 1 saturated heterocycles. The number of nitrogens with one attached hydrogen (secondary N) is 1. The van der Waals surface area contributed by atoms with Crippen LogP contribution in [0.25, 0.3) is 0 Å². The highest BCUT2D eigenvalue weighted by Gasteiger charge is 2.33. The second kappa shape index (κ2) is 6.72. The maximum atomic E-state index is 5.58.